The highest BCUT2D eigenvalue weighted by atomic mass is 32.1. The Bertz CT molecular complexity index is 584. The zero-order valence-corrected chi connectivity index (χ0v) is 17.7. The van der Waals surface area contributed by atoms with E-state index in [2.05, 4.69) is 40.0 Å². The molecule has 28 heavy (non-hydrogen) atoms. The lowest BCUT2D eigenvalue weighted by Gasteiger charge is -2.34. The summed E-state index contributed by atoms with van der Waals surface area (Å²) >= 11 is 1.80. The number of hydrogen-bond donors (Lipinski definition) is 3. The van der Waals surface area contributed by atoms with Gasteiger partial charge in [0.2, 0.25) is 0 Å². The number of hydrogen-bond acceptors (Lipinski definition) is 6. The van der Waals surface area contributed by atoms with Gasteiger partial charge in [0.05, 0.1) is 32.4 Å². The van der Waals surface area contributed by atoms with Crippen molar-refractivity contribution < 1.29 is 14.6 Å². The summed E-state index contributed by atoms with van der Waals surface area (Å²) in [5.41, 5.74) is -0.0333. The molecule has 1 aromatic rings. The van der Waals surface area contributed by atoms with Crippen molar-refractivity contribution >= 4 is 17.3 Å². The maximum Gasteiger partial charge on any atom is 0.191 e. The van der Waals surface area contributed by atoms with Gasteiger partial charge >= 0.3 is 0 Å². The van der Waals surface area contributed by atoms with E-state index in [0.29, 0.717) is 19.2 Å². The molecule has 7 nitrogen and oxygen atoms in total. The number of aliphatic hydroxyl groups excluding tert-OH is 1. The van der Waals surface area contributed by atoms with Crippen LogP contribution in [-0.2, 0) is 9.47 Å². The van der Waals surface area contributed by atoms with Crippen LogP contribution >= 0.6 is 11.3 Å². The fourth-order valence-corrected chi connectivity index (χ4v) is 4.71. The minimum absolute atomic E-state index is 0.0333. The van der Waals surface area contributed by atoms with Gasteiger partial charge in [-0.3, -0.25) is 9.89 Å². The van der Waals surface area contributed by atoms with Crippen LogP contribution in [-0.4, -0.2) is 81.7 Å². The smallest absolute Gasteiger partial charge is 0.191 e. The monoisotopic (exact) mass is 410 g/mol. The van der Waals surface area contributed by atoms with Crippen LogP contribution in [0.1, 0.15) is 30.7 Å². The highest BCUT2D eigenvalue weighted by Gasteiger charge is 2.34. The lowest BCUT2D eigenvalue weighted by Crippen LogP contribution is -2.46. The maximum absolute atomic E-state index is 9.44. The average molecular weight is 411 g/mol. The van der Waals surface area contributed by atoms with E-state index in [1.165, 1.54) is 4.88 Å². The van der Waals surface area contributed by atoms with Crippen molar-refractivity contribution in [2.24, 2.45) is 10.4 Å². The molecule has 2 aliphatic rings. The van der Waals surface area contributed by atoms with Crippen LogP contribution in [0.15, 0.2) is 22.5 Å². The molecule has 158 valence electrons. The molecular weight excluding hydrogens is 376 g/mol. The molecule has 3 heterocycles. The molecule has 3 rings (SSSR count). The normalized spacial score (nSPS) is 25.0. The van der Waals surface area contributed by atoms with Crippen LogP contribution in [0.25, 0.3) is 0 Å². The first-order valence-corrected chi connectivity index (χ1v) is 11.2. The minimum atomic E-state index is -0.0333. The molecule has 8 heteroatoms. The molecule has 0 spiro atoms. The van der Waals surface area contributed by atoms with Crippen LogP contribution in [0.5, 0.6) is 0 Å². The van der Waals surface area contributed by atoms with Crippen molar-refractivity contribution in [3.8, 4) is 0 Å². The quantitative estimate of drug-likeness (QED) is 0.423. The Morgan fingerprint density at radius 2 is 2.18 bits per heavy atom. The van der Waals surface area contributed by atoms with E-state index < -0.39 is 0 Å². The minimum Gasteiger partial charge on any atom is -0.396 e. The lowest BCUT2D eigenvalue weighted by atomic mass is 9.84. The molecule has 0 amide bonds. The molecule has 1 aromatic heterocycles. The molecule has 2 unspecified atom stereocenters. The summed E-state index contributed by atoms with van der Waals surface area (Å²) in [5.74, 6) is 0.835. The summed E-state index contributed by atoms with van der Waals surface area (Å²) in [6.45, 7) is 9.48. The van der Waals surface area contributed by atoms with Gasteiger partial charge in [-0.25, -0.2) is 0 Å². The van der Waals surface area contributed by atoms with Crippen molar-refractivity contribution in [3.05, 3.63) is 22.4 Å². The summed E-state index contributed by atoms with van der Waals surface area (Å²) in [4.78, 5) is 8.71. The first-order chi connectivity index (χ1) is 13.8. The molecule has 3 N–H and O–H groups in total. The van der Waals surface area contributed by atoms with E-state index in [-0.39, 0.29) is 12.0 Å². The molecular formula is C20H34N4O3S. The average Bonchev–Trinajstić information content (AvgIpc) is 3.40. The number of guanidine groups is 1. The number of aliphatic hydroxyl groups is 1. The van der Waals surface area contributed by atoms with Crippen molar-refractivity contribution in [1.29, 1.82) is 0 Å². The van der Waals surface area contributed by atoms with Gasteiger partial charge in [-0.05, 0) is 31.2 Å². The SMILES string of the molecule is CCNC(=NCC1(CCO)CCOC1)NCC(c1cccs1)N1CCOCC1. The molecule has 0 saturated carbocycles. The van der Waals surface area contributed by atoms with E-state index in [1.807, 2.05) is 0 Å². The second kappa shape index (κ2) is 11.1. The van der Waals surface area contributed by atoms with Crippen molar-refractivity contribution in [2.45, 2.75) is 25.8 Å². The molecule has 0 aliphatic carbocycles. The third-order valence-electron chi connectivity index (χ3n) is 5.56. The molecule has 2 atom stereocenters. The van der Waals surface area contributed by atoms with Gasteiger partial charge < -0.3 is 25.2 Å². The van der Waals surface area contributed by atoms with Crippen molar-refractivity contribution in [2.75, 3.05) is 65.8 Å². The van der Waals surface area contributed by atoms with Gasteiger partial charge in [-0.15, -0.1) is 11.3 Å². The third-order valence-corrected chi connectivity index (χ3v) is 6.54. The summed E-state index contributed by atoms with van der Waals surface area (Å²) in [5, 5.41) is 18.5. The van der Waals surface area contributed by atoms with Crippen molar-refractivity contribution in [1.82, 2.24) is 15.5 Å². The van der Waals surface area contributed by atoms with Crippen molar-refractivity contribution in [3.63, 3.8) is 0 Å². The molecule has 0 bridgehead atoms. The fraction of sp³-hybridized carbons (Fsp3) is 0.750. The van der Waals surface area contributed by atoms with Gasteiger partial charge in [0, 0.05) is 49.7 Å². The number of rotatable bonds is 9. The summed E-state index contributed by atoms with van der Waals surface area (Å²) in [7, 11) is 0. The Kier molecular flexibility index (Phi) is 8.54. The predicted molar refractivity (Wildman–Crippen MR) is 113 cm³/mol. The standard InChI is InChI=1S/C20H34N4O3S/c1-2-21-19(23-15-20(5-9-25)6-10-27-16-20)22-14-17(18-4-3-13-28-18)24-7-11-26-12-8-24/h3-4,13,17,25H,2,5-12,14-16H2,1H3,(H2,21,22,23). The van der Waals surface area contributed by atoms with Crippen LogP contribution in [0.4, 0.5) is 0 Å². The molecule has 2 fully saturated rings. The fourth-order valence-electron chi connectivity index (χ4n) is 3.85. The van der Waals surface area contributed by atoms with Crippen LogP contribution in [0, 0.1) is 5.41 Å². The van der Waals surface area contributed by atoms with E-state index in [1.54, 1.807) is 11.3 Å². The van der Waals surface area contributed by atoms with Crippen LogP contribution < -0.4 is 10.6 Å². The molecule has 2 saturated heterocycles. The Morgan fingerprint density at radius 1 is 1.32 bits per heavy atom. The van der Waals surface area contributed by atoms with Gasteiger partial charge in [0.15, 0.2) is 5.96 Å². The maximum atomic E-state index is 9.44. The predicted octanol–water partition coefficient (Wildman–Crippen LogP) is 1.47. The van der Waals surface area contributed by atoms with E-state index in [9.17, 15) is 5.11 Å². The molecule has 2 aliphatic heterocycles. The zero-order valence-electron chi connectivity index (χ0n) is 16.9. The summed E-state index contributed by atoms with van der Waals surface area (Å²) < 4.78 is 11.1. The topological polar surface area (TPSA) is 78.4 Å². The second-order valence-corrected chi connectivity index (χ2v) is 8.51. The number of nitrogens with one attached hydrogen (secondary N) is 2. The molecule has 0 radical (unpaired) electrons. The first-order valence-electron chi connectivity index (χ1n) is 10.3. The van der Waals surface area contributed by atoms with Crippen LogP contribution in [0.3, 0.4) is 0 Å². The first kappa shape index (κ1) is 21.5. The van der Waals surface area contributed by atoms with E-state index in [0.717, 1.165) is 64.8 Å². The highest BCUT2D eigenvalue weighted by molar-refractivity contribution is 7.10. The largest absolute Gasteiger partial charge is 0.396 e. The van der Waals surface area contributed by atoms with Crippen LogP contribution in [0.2, 0.25) is 0 Å². The Hall–Kier alpha value is -1.19. The van der Waals surface area contributed by atoms with Gasteiger partial charge in [0.1, 0.15) is 0 Å². The van der Waals surface area contributed by atoms with Gasteiger partial charge in [-0.1, -0.05) is 6.07 Å². The Labute approximate surface area is 172 Å². The highest BCUT2D eigenvalue weighted by Crippen LogP contribution is 2.32. The number of ether oxygens (including phenoxy) is 2. The third kappa shape index (κ3) is 5.90. The second-order valence-electron chi connectivity index (χ2n) is 7.53. The van der Waals surface area contributed by atoms with Gasteiger partial charge in [0.25, 0.3) is 0 Å². The number of aliphatic imine (C=N–C) groups is 1. The Morgan fingerprint density at radius 3 is 2.82 bits per heavy atom. The van der Waals surface area contributed by atoms with Gasteiger partial charge in [-0.2, -0.15) is 0 Å². The number of nitrogens with zero attached hydrogens (tertiary/aromatic N) is 2. The zero-order chi connectivity index (χ0) is 19.7. The Balaban J connectivity index is 1.64. The summed E-state index contributed by atoms with van der Waals surface area (Å²) in [6, 6.07) is 4.64. The lowest BCUT2D eigenvalue weighted by molar-refractivity contribution is 0.0177. The van der Waals surface area contributed by atoms with E-state index >= 15 is 0 Å². The summed E-state index contributed by atoms with van der Waals surface area (Å²) in [6.07, 6.45) is 1.70. The van der Waals surface area contributed by atoms with E-state index in [4.69, 9.17) is 14.5 Å². The number of thiophene rings is 1. The number of morpholine rings is 1. The molecule has 0 aromatic carbocycles.